The van der Waals surface area contributed by atoms with Crippen LogP contribution in [0.15, 0.2) is 24.4 Å². The molecule has 2 N–H and O–H groups in total. The van der Waals surface area contributed by atoms with Gasteiger partial charge in [-0.05, 0) is 24.6 Å². The summed E-state index contributed by atoms with van der Waals surface area (Å²) >= 11 is 6.00. The van der Waals surface area contributed by atoms with Crippen LogP contribution in [0.25, 0.3) is 0 Å². The molecule has 4 nitrogen and oxygen atoms in total. The van der Waals surface area contributed by atoms with Crippen molar-refractivity contribution < 1.29 is 4.74 Å². The summed E-state index contributed by atoms with van der Waals surface area (Å²) in [6.07, 6.45) is 1.68. The Hall–Kier alpha value is -1.68. The Bertz CT molecular complexity index is 522. The SMILES string of the molecule is Cc1ccc(Cl)c(Oc2nn(C)cc2N)c1. The first-order chi connectivity index (χ1) is 7.56. The summed E-state index contributed by atoms with van der Waals surface area (Å²) in [4.78, 5) is 0. The molecule has 0 fully saturated rings. The Balaban J connectivity index is 2.33. The van der Waals surface area contributed by atoms with Crippen molar-refractivity contribution in [3.05, 3.63) is 35.0 Å². The van der Waals surface area contributed by atoms with Crippen LogP contribution in [0.3, 0.4) is 0 Å². The summed E-state index contributed by atoms with van der Waals surface area (Å²) in [7, 11) is 1.78. The fraction of sp³-hybridized carbons (Fsp3) is 0.182. The summed E-state index contributed by atoms with van der Waals surface area (Å²) in [5.41, 5.74) is 7.28. The van der Waals surface area contributed by atoms with E-state index in [9.17, 15) is 0 Å². The zero-order chi connectivity index (χ0) is 11.7. The van der Waals surface area contributed by atoms with Gasteiger partial charge in [0.25, 0.3) is 5.88 Å². The molecule has 0 spiro atoms. The molecule has 0 aliphatic heterocycles. The van der Waals surface area contributed by atoms with Gasteiger partial charge in [-0.1, -0.05) is 17.7 Å². The van der Waals surface area contributed by atoms with Gasteiger partial charge in [-0.15, -0.1) is 5.10 Å². The summed E-state index contributed by atoms with van der Waals surface area (Å²) in [5, 5.41) is 4.62. The third-order valence-electron chi connectivity index (χ3n) is 2.11. The van der Waals surface area contributed by atoms with E-state index >= 15 is 0 Å². The maximum absolute atomic E-state index is 6.00. The molecule has 0 bridgehead atoms. The molecule has 2 aromatic rings. The molecule has 1 aromatic carbocycles. The van der Waals surface area contributed by atoms with Gasteiger partial charge in [0.2, 0.25) is 0 Å². The smallest absolute Gasteiger partial charge is 0.261 e. The van der Waals surface area contributed by atoms with E-state index in [1.165, 1.54) is 0 Å². The molecule has 5 heteroatoms. The average molecular weight is 238 g/mol. The summed E-state index contributed by atoms with van der Waals surface area (Å²) in [6, 6.07) is 5.54. The molecule has 0 saturated heterocycles. The number of benzene rings is 1. The van der Waals surface area contributed by atoms with Crippen molar-refractivity contribution in [2.45, 2.75) is 6.92 Å². The minimum atomic E-state index is 0.370. The van der Waals surface area contributed by atoms with Gasteiger partial charge in [0, 0.05) is 7.05 Å². The third kappa shape index (κ3) is 2.12. The van der Waals surface area contributed by atoms with Gasteiger partial charge >= 0.3 is 0 Å². The lowest BCUT2D eigenvalue weighted by atomic mass is 10.2. The number of nitrogens with zero attached hydrogens (tertiary/aromatic N) is 2. The van der Waals surface area contributed by atoms with E-state index in [0.29, 0.717) is 22.3 Å². The van der Waals surface area contributed by atoms with Crippen molar-refractivity contribution >= 4 is 17.3 Å². The first kappa shape index (κ1) is 10.8. The minimum absolute atomic E-state index is 0.370. The number of aromatic nitrogens is 2. The van der Waals surface area contributed by atoms with Crippen molar-refractivity contribution in [2.75, 3.05) is 5.73 Å². The van der Waals surface area contributed by atoms with Crippen LogP contribution in [-0.2, 0) is 7.05 Å². The number of anilines is 1. The molecule has 16 heavy (non-hydrogen) atoms. The largest absolute Gasteiger partial charge is 0.434 e. The molecule has 0 amide bonds. The molecule has 0 saturated carbocycles. The van der Waals surface area contributed by atoms with Crippen LogP contribution in [0, 0.1) is 6.92 Å². The molecule has 2 rings (SSSR count). The monoisotopic (exact) mass is 237 g/mol. The number of ether oxygens (including phenoxy) is 1. The van der Waals surface area contributed by atoms with Gasteiger partial charge in [0.05, 0.1) is 11.2 Å². The van der Waals surface area contributed by atoms with Crippen molar-refractivity contribution in [1.29, 1.82) is 0 Å². The highest BCUT2D eigenvalue weighted by molar-refractivity contribution is 6.32. The Kier molecular flexibility index (Phi) is 2.75. The van der Waals surface area contributed by atoms with Crippen LogP contribution in [0.4, 0.5) is 5.69 Å². The van der Waals surface area contributed by atoms with E-state index in [0.717, 1.165) is 5.56 Å². The van der Waals surface area contributed by atoms with Crippen LogP contribution >= 0.6 is 11.6 Å². The normalized spacial score (nSPS) is 10.4. The van der Waals surface area contributed by atoms with Gasteiger partial charge in [0.15, 0.2) is 0 Å². The van der Waals surface area contributed by atoms with Crippen molar-refractivity contribution in [1.82, 2.24) is 9.78 Å². The highest BCUT2D eigenvalue weighted by Gasteiger charge is 2.09. The maximum Gasteiger partial charge on any atom is 0.261 e. The van der Waals surface area contributed by atoms with Gasteiger partial charge < -0.3 is 10.5 Å². The number of hydrogen-bond donors (Lipinski definition) is 1. The second-order valence-corrected chi connectivity index (χ2v) is 4.01. The fourth-order valence-electron chi connectivity index (χ4n) is 1.36. The lowest BCUT2D eigenvalue weighted by Gasteiger charge is -2.06. The number of nitrogens with two attached hydrogens (primary N) is 1. The Morgan fingerprint density at radius 3 is 2.81 bits per heavy atom. The molecular formula is C11H12ClN3O. The maximum atomic E-state index is 6.00. The molecule has 0 aliphatic rings. The number of hydrogen-bond acceptors (Lipinski definition) is 3. The minimum Gasteiger partial charge on any atom is -0.434 e. The van der Waals surface area contributed by atoms with Gasteiger partial charge in [-0.2, -0.15) is 0 Å². The summed E-state index contributed by atoms with van der Waals surface area (Å²) < 4.78 is 7.14. The Morgan fingerprint density at radius 2 is 2.19 bits per heavy atom. The lowest BCUT2D eigenvalue weighted by Crippen LogP contribution is -1.92. The third-order valence-corrected chi connectivity index (χ3v) is 2.43. The van der Waals surface area contributed by atoms with Crippen LogP contribution in [0.2, 0.25) is 5.02 Å². The molecular weight excluding hydrogens is 226 g/mol. The fourth-order valence-corrected chi connectivity index (χ4v) is 1.51. The predicted octanol–water partition coefficient (Wildman–Crippen LogP) is 2.76. The first-order valence-electron chi connectivity index (χ1n) is 4.79. The topological polar surface area (TPSA) is 53.1 Å². The molecule has 0 unspecified atom stereocenters. The van der Waals surface area contributed by atoms with E-state index in [1.54, 1.807) is 24.0 Å². The van der Waals surface area contributed by atoms with Crippen LogP contribution in [0.1, 0.15) is 5.56 Å². The van der Waals surface area contributed by atoms with Crippen molar-refractivity contribution in [2.24, 2.45) is 7.05 Å². The van der Waals surface area contributed by atoms with E-state index in [-0.39, 0.29) is 0 Å². The van der Waals surface area contributed by atoms with Crippen LogP contribution < -0.4 is 10.5 Å². The first-order valence-corrected chi connectivity index (χ1v) is 5.17. The van der Waals surface area contributed by atoms with Gasteiger partial charge in [-0.3, -0.25) is 4.68 Å². The predicted molar refractivity (Wildman–Crippen MR) is 63.9 cm³/mol. The Morgan fingerprint density at radius 1 is 1.44 bits per heavy atom. The van der Waals surface area contributed by atoms with Crippen molar-refractivity contribution in [3.8, 4) is 11.6 Å². The molecule has 0 radical (unpaired) electrons. The molecule has 84 valence electrons. The molecule has 1 aromatic heterocycles. The molecule has 0 atom stereocenters. The second-order valence-electron chi connectivity index (χ2n) is 3.60. The molecule has 1 heterocycles. The van der Waals surface area contributed by atoms with E-state index < -0.39 is 0 Å². The lowest BCUT2D eigenvalue weighted by molar-refractivity contribution is 0.456. The summed E-state index contributed by atoms with van der Waals surface area (Å²) in [5.74, 6) is 0.932. The van der Waals surface area contributed by atoms with Crippen molar-refractivity contribution in [3.63, 3.8) is 0 Å². The highest BCUT2D eigenvalue weighted by Crippen LogP contribution is 2.31. The number of aryl methyl sites for hydroxylation is 2. The van der Waals surface area contributed by atoms with E-state index in [2.05, 4.69) is 5.10 Å². The zero-order valence-corrected chi connectivity index (χ0v) is 9.82. The van der Waals surface area contributed by atoms with Gasteiger partial charge in [0.1, 0.15) is 11.4 Å². The zero-order valence-electron chi connectivity index (χ0n) is 9.07. The van der Waals surface area contributed by atoms with Crippen LogP contribution in [-0.4, -0.2) is 9.78 Å². The number of rotatable bonds is 2. The van der Waals surface area contributed by atoms with E-state index in [1.807, 2.05) is 19.1 Å². The standard InChI is InChI=1S/C11H12ClN3O/c1-7-3-4-8(12)10(5-7)16-11-9(13)6-15(2)14-11/h3-6H,13H2,1-2H3. The Labute approximate surface area is 98.6 Å². The van der Waals surface area contributed by atoms with E-state index in [4.69, 9.17) is 22.1 Å². The average Bonchev–Trinajstić information content (AvgIpc) is 2.51. The molecule has 0 aliphatic carbocycles. The number of halogens is 1. The van der Waals surface area contributed by atoms with Crippen LogP contribution in [0.5, 0.6) is 11.6 Å². The quantitative estimate of drug-likeness (QED) is 0.874. The second kappa shape index (κ2) is 4.06. The number of nitrogen functional groups attached to an aromatic ring is 1. The van der Waals surface area contributed by atoms with Gasteiger partial charge in [-0.25, -0.2) is 0 Å². The highest BCUT2D eigenvalue weighted by atomic mass is 35.5. The summed E-state index contributed by atoms with van der Waals surface area (Å²) in [6.45, 7) is 1.96.